The molecule has 3 aromatic carbocycles. The third kappa shape index (κ3) is 4.67. The van der Waals surface area contributed by atoms with Crippen molar-refractivity contribution in [2.75, 3.05) is 5.43 Å². The number of benzene rings is 3. The predicted molar refractivity (Wildman–Crippen MR) is 102 cm³/mol. The smallest absolute Gasteiger partial charge is 0.271 e. The highest BCUT2D eigenvalue weighted by Crippen LogP contribution is 2.19. The molecule has 0 unspecified atom stereocenters. The first-order valence-electron chi connectivity index (χ1n) is 8.01. The van der Waals surface area contributed by atoms with Crippen LogP contribution in [0.3, 0.4) is 0 Å². The molecule has 3 aromatic rings. The Labute approximate surface area is 150 Å². The van der Waals surface area contributed by atoms with Crippen LogP contribution >= 0.6 is 0 Å². The average molecular weight is 347 g/mol. The van der Waals surface area contributed by atoms with Gasteiger partial charge in [-0.2, -0.15) is 5.10 Å². The molecule has 0 atom stereocenters. The van der Waals surface area contributed by atoms with Gasteiger partial charge in [0, 0.05) is 17.7 Å². The molecule has 3 rings (SSSR count). The molecule has 0 saturated carbocycles. The number of anilines is 1. The number of para-hydroxylation sites is 1. The Kier molecular flexibility index (Phi) is 5.57. The average Bonchev–Trinajstić information content (AvgIpc) is 2.68. The predicted octanol–water partition coefficient (Wildman–Crippen LogP) is 4.62. The first-order valence-corrected chi connectivity index (χ1v) is 8.01. The summed E-state index contributed by atoms with van der Waals surface area (Å²) in [5, 5.41) is 15.0. The van der Waals surface area contributed by atoms with Crippen molar-refractivity contribution in [2.24, 2.45) is 5.10 Å². The lowest BCUT2D eigenvalue weighted by Crippen LogP contribution is -1.99. The molecule has 26 heavy (non-hydrogen) atoms. The van der Waals surface area contributed by atoms with Crippen LogP contribution in [0.1, 0.15) is 11.1 Å². The lowest BCUT2D eigenvalue weighted by Gasteiger charge is -2.09. The number of ether oxygens (including phenoxy) is 1. The second-order valence-corrected chi connectivity index (χ2v) is 5.49. The van der Waals surface area contributed by atoms with Crippen molar-refractivity contribution >= 4 is 17.6 Å². The summed E-state index contributed by atoms with van der Waals surface area (Å²) in [5.41, 5.74) is 5.23. The molecule has 0 aliphatic carbocycles. The van der Waals surface area contributed by atoms with E-state index in [4.69, 9.17) is 4.74 Å². The van der Waals surface area contributed by atoms with Crippen LogP contribution in [0.2, 0.25) is 0 Å². The molecule has 0 spiro atoms. The molecule has 0 amide bonds. The van der Waals surface area contributed by atoms with E-state index in [0.717, 1.165) is 11.1 Å². The van der Waals surface area contributed by atoms with E-state index in [1.54, 1.807) is 18.3 Å². The van der Waals surface area contributed by atoms with Gasteiger partial charge in [-0.3, -0.25) is 15.5 Å². The third-order valence-electron chi connectivity index (χ3n) is 3.61. The lowest BCUT2D eigenvalue weighted by atomic mass is 10.2. The van der Waals surface area contributed by atoms with Crippen molar-refractivity contribution in [2.45, 2.75) is 6.61 Å². The highest BCUT2D eigenvalue weighted by Gasteiger charge is 2.05. The molecule has 0 saturated heterocycles. The zero-order valence-corrected chi connectivity index (χ0v) is 13.9. The number of non-ortho nitro benzene ring substituents is 1. The second kappa shape index (κ2) is 8.43. The van der Waals surface area contributed by atoms with Crippen molar-refractivity contribution in [3.8, 4) is 5.75 Å². The van der Waals surface area contributed by atoms with Crippen molar-refractivity contribution in [1.29, 1.82) is 0 Å². The molecule has 0 aromatic heterocycles. The van der Waals surface area contributed by atoms with Gasteiger partial charge in [0.15, 0.2) is 0 Å². The number of rotatable bonds is 7. The van der Waals surface area contributed by atoms with Gasteiger partial charge in [0.25, 0.3) is 5.69 Å². The van der Waals surface area contributed by atoms with E-state index in [0.29, 0.717) is 18.0 Å². The summed E-state index contributed by atoms with van der Waals surface area (Å²) in [7, 11) is 0. The molecule has 6 nitrogen and oxygen atoms in total. The van der Waals surface area contributed by atoms with Gasteiger partial charge in [-0.25, -0.2) is 0 Å². The maximum absolute atomic E-state index is 10.8. The van der Waals surface area contributed by atoms with E-state index in [1.165, 1.54) is 12.1 Å². The summed E-state index contributed by atoms with van der Waals surface area (Å²) in [5.74, 6) is 0.709. The Morgan fingerprint density at radius 2 is 1.77 bits per heavy atom. The van der Waals surface area contributed by atoms with Crippen LogP contribution in [-0.2, 0) is 6.61 Å². The van der Waals surface area contributed by atoms with Gasteiger partial charge in [-0.15, -0.1) is 0 Å². The van der Waals surface area contributed by atoms with Crippen LogP contribution in [0.15, 0.2) is 84.0 Å². The van der Waals surface area contributed by atoms with Gasteiger partial charge in [-0.1, -0.05) is 48.5 Å². The molecule has 0 aliphatic heterocycles. The number of nitro benzene ring substituents is 1. The van der Waals surface area contributed by atoms with E-state index in [9.17, 15) is 10.1 Å². The minimum absolute atomic E-state index is 0.0109. The Morgan fingerprint density at radius 1 is 1.00 bits per heavy atom. The molecule has 0 aliphatic rings. The zero-order valence-electron chi connectivity index (χ0n) is 13.9. The second-order valence-electron chi connectivity index (χ2n) is 5.49. The SMILES string of the molecule is O=[N+]([O-])c1cccc(NN=Cc2ccccc2OCc2ccccc2)c1. The van der Waals surface area contributed by atoms with Crippen LogP contribution in [0.5, 0.6) is 5.75 Å². The summed E-state index contributed by atoms with van der Waals surface area (Å²) in [6.07, 6.45) is 1.62. The van der Waals surface area contributed by atoms with Crippen LogP contribution in [0.4, 0.5) is 11.4 Å². The largest absolute Gasteiger partial charge is 0.488 e. The topological polar surface area (TPSA) is 76.8 Å². The number of nitrogens with one attached hydrogen (secondary N) is 1. The van der Waals surface area contributed by atoms with Crippen molar-refractivity contribution in [3.05, 3.63) is 100 Å². The maximum atomic E-state index is 10.8. The van der Waals surface area contributed by atoms with Gasteiger partial charge in [0.2, 0.25) is 0 Å². The van der Waals surface area contributed by atoms with E-state index in [2.05, 4.69) is 10.5 Å². The quantitative estimate of drug-likeness (QED) is 0.384. The summed E-state index contributed by atoms with van der Waals surface area (Å²) in [4.78, 5) is 10.4. The van der Waals surface area contributed by atoms with E-state index < -0.39 is 4.92 Å². The van der Waals surface area contributed by atoms with Crippen LogP contribution in [0.25, 0.3) is 0 Å². The fourth-order valence-electron chi connectivity index (χ4n) is 2.32. The number of hydrogen-bond donors (Lipinski definition) is 1. The van der Waals surface area contributed by atoms with Crippen molar-refractivity contribution in [3.63, 3.8) is 0 Å². The maximum Gasteiger partial charge on any atom is 0.271 e. The molecular formula is C20H17N3O3. The van der Waals surface area contributed by atoms with Crippen molar-refractivity contribution in [1.82, 2.24) is 0 Å². The minimum Gasteiger partial charge on any atom is -0.488 e. The Bertz CT molecular complexity index is 911. The highest BCUT2D eigenvalue weighted by atomic mass is 16.6. The number of hydrogen-bond acceptors (Lipinski definition) is 5. The van der Waals surface area contributed by atoms with Crippen molar-refractivity contribution < 1.29 is 9.66 Å². The van der Waals surface area contributed by atoms with Gasteiger partial charge < -0.3 is 4.74 Å². The summed E-state index contributed by atoms with van der Waals surface area (Å²) < 4.78 is 5.87. The molecule has 0 bridgehead atoms. The van der Waals surface area contributed by atoms with E-state index in [-0.39, 0.29) is 5.69 Å². The van der Waals surface area contributed by atoms with Gasteiger partial charge >= 0.3 is 0 Å². The number of nitro groups is 1. The molecule has 0 radical (unpaired) electrons. The Hall–Kier alpha value is -3.67. The van der Waals surface area contributed by atoms with Gasteiger partial charge in [0.1, 0.15) is 12.4 Å². The number of hydrazone groups is 1. The Balaban J connectivity index is 1.67. The summed E-state index contributed by atoms with van der Waals surface area (Å²) in [6, 6.07) is 23.6. The molecule has 130 valence electrons. The normalized spacial score (nSPS) is 10.6. The standard InChI is InChI=1S/C20H17N3O3/c24-23(25)19-11-6-10-18(13-19)22-21-14-17-9-4-5-12-20(17)26-15-16-7-2-1-3-8-16/h1-14,22H,15H2. The zero-order chi connectivity index (χ0) is 18.2. The molecule has 1 N–H and O–H groups in total. The third-order valence-corrected chi connectivity index (χ3v) is 3.61. The highest BCUT2D eigenvalue weighted by molar-refractivity contribution is 5.84. The lowest BCUT2D eigenvalue weighted by molar-refractivity contribution is -0.384. The first kappa shape index (κ1) is 17.2. The van der Waals surface area contributed by atoms with Crippen LogP contribution < -0.4 is 10.2 Å². The molecule has 0 heterocycles. The molecule has 6 heteroatoms. The first-order chi connectivity index (χ1) is 12.7. The minimum atomic E-state index is -0.443. The molecule has 0 fully saturated rings. The fourth-order valence-corrected chi connectivity index (χ4v) is 2.32. The van der Waals surface area contributed by atoms with Crippen LogP contribution in [0, 0.1) is 10.1 Å². The monoisotopic (exact) mass is 347 g/mol. The van der Waals surface area contributed by atoms with E-state index >= 15 is 0 Å². The van der Waals surface area contributed by atoms with E-state index in [1.807, 2.05) is 54.6 Å². The molecular weight excluding hydrogens is 330 g/mol. The van der Waals surface area contributed by atoms with Crippen LogP contribution in [-0.4, -0.2) is 11.1 Å². The number of nitrogens with zero attached hydrogens (tertiary/aromatic N) is 2. The summed E-state index contributed by atoms with van der Waals surface area (Å²) in [6.45, 7) is 0.462. The summed E-state index contributed by atoms with van der Waals surface area (Å²) >= 11 is 0. The van der Waals surface area contributed by atoms with Gasteiger partial charge in [-0.05, 0) is 23.8 Å². The fraction of sp³-hybridized carbons (Fsp3) is 0.0500. The van der Waals surface area contributed by atoms with Gasteiger partial charge in [0.05, 0.1) is 16.8 Å². The Morgan fingerprint density at radius 3 is 2.58 bits per heavy atom.